The predicted octanol–water partition coefficient (Wildman–Crippen LogP) is 2.13. The van der Waals surface area contributed by atoms with E-state index in [9.17, 15) is 9.90 Å². The summed E-state index contributed by atoms with van der Waals surface area (Å²) in [7, 11) is 1.59. The summed E-state index contributed by atoms with van der Waals surface area (Å²) >= 11 is 0. The van der Waals surface area contributed by atoms with E-state index in [0.29, 0.717) is 12.4 Å². The van der Waals surface area contributed by atoms with Crippen LogP contribution in [-0.4, -0.2) is 59.1 Å². The molecule has 1 aromatic heterocycles. The lowest BCUT2D eigenvalue weighted by atomic mass is 10.1. The molecule has 0 spiro atoms. The third kappa shape index (κ3) is 4.09. The van der Waals surface area contributed by atoms with Crippen molar-refractivity contribution in [1.29, 1.82) is 0 Å². The molecular formula is C19H23N3O3. The summed E-state index contributed by atoms with van der Waals surface area (Å²) in [5, 5.41) is 10.2. The van der Waals surface area contributed by atoms with Crippen molar-refractivity contribution in [1.82, 2.24) is 14.8 Å². The molecule has 3 rings (SSSR count). The quantitative estimate of drug-likeness (QED) is 0.923. The first kappa shape index (κ1) is 17.2. The van der Waals surface area contributed by atoms with Crippen LogP contribution in [0.1, 0.15) is 12.5 Å². The van der Waals surface area contributed by atoms with E-state index in [1.807, 2.05) is 29.2 Å². The highest BCUT2D eigenvalue weighted by Crippen LogP contribution is 2.27. The van der Waals surface area contributed by atoms with Crippen LogP contribution < -0.4 is 4.74 Å². The predicted molar refractivity (Wildman–Crippen MR) is 95.4 cm³/mol. The minimum atomic E-state index is 0.119. The molecule has 1 N–H and O–H groups in total. The average molecular weight is 341 g/mol. The van der Waals surface area contributed by atoms with Crippen LogP contribution in [-0.2, 0) is 11.3 Å². The summed E-state index contributed by atoms with van der Waals surface area (Å²) in [6.45, 7) is 5.32. The third-order valence-corrected chi connectivity index (χ3v) is 4.52. The molecule has 0 atom stereocenters. The molecule has 2 aromatic rings. The summed E-state index contributed by atoms with van der Waals surface area (Å²) < 4.78 is 5.18. The Morgan fingerprint density at radius 2 is 1.96 bits per heavy atom. The summed E-state index contributed by atoms with van der Waals surface area (Å²) in [6, 6.07) is 11.2. The Hall–Kier alpha value is -2.60. The zero-order valence-electron chi connectivity index (χ0n) is 14.6. The molecule has 1 amide bonds. The SMILES string of the molecule is COc1cccc(-c2ccc(O)c(CN3CCN(C(C)=O)CC3)c2)n1. The normalized spacial score (nSPS) is 15.2. The maximum absolute atomic E-state index is 11.4. The van der Waals surface area contributed by atoms with Gasteiger partial charge in [-0.3, -0.25) is 9.69 Å². The van der Waals surface area contributed by atoms with E-state index in [0.717, 1.165) is 43.0 Å². The zero-order valence-corrected chi connectivity index (χ0v) is 14.6. The van der Waals surface area contributed by atoms with Gasteiger partial charge in [0, 0.05) is 56.8 Å². The number of benzene rings is 1. The first-order chi connectivity index (χ1) is 12.1. The second-order valence-electron chi connectivity index (χ2n) is 6.19. The number of rotatable bonds is 4. The number of hydrogen-bond acceptors (Lipinski definition) is 5. The van der Waals surface area contributed by atoms with Crippen LogP contribution in [0.4, 0.5) is 0 Å². The molecule has 0 bridgehead atoms. The molecule has 1 saturated heterocycles. The molecule has 2 heterocycles. The van der Waals surface area contributed by atoms with Gasteiger partial charge >= 0.3 is 0 Å². The van der Waals surface area contributed by atoms with Crippen molar-refractivity contribution >= 4 is 5.91 Å². The Kier molecular flexibility index (Phi) is 5.19. The van der Waals surface area contributed by atoms with Gasteiger partial charge < -0.3 is 14.7 Å². The average Bonchev–Trinajstić information content (AvgIpc) is 2.64. The van der Waals surface area contributed by atoms with Crippen LogP contribution in [0.3, 0.4) is 0 Å². The van der Waals surface area contributed by atoms with Gasteiger partial charge in [-0.1, -0.05) is 6.07 Å². The number of aromatic nitrogens is 1. The molecule has 0 radical (unpaired) electrons. The van der Waals surface area contributed by atoms with E-state index in [2.05, 4.69) is 9.88 Å². The molecule has 6 heteroatoms. The first-order valence-electron chi connectivity index (χ1n) is 8.38. The van der Waals surface area contributed by atoms with E-state index >= 15 is 0 Å². The molecule has 1 fully saturated rings. The van der Waals surface area contributed by atoms with Gasteiger partial charge in [-0.15, -0.1) is 0 Å². The number of carbonyl (C=O) groups is 1. The van der Waals surface area contributed by atoms with Gasteiger partial charge in [0.1, 0.15) is 5.75 Å². The minimum absolute atomic E-state index is 0.119. The van der Waals surface area contributed by atoms with Gasteiger partial charge in [0.05, 0.1) is 12.8 Å². The van der Waals surface area contributed by atoms with Gasteiger partial charge in [-0.05, 0) is 24.3 Å². The molecule has 6 nitrogen and oxygen atoms in total. The zero-order chi connectivity index (χ0) is 17.8. The number of amides is 1. The molecule has 0 saturated carbocycles. The van der Waals surface area contributed by atoms with Gasteiger partial charge in [0.25, 0.3) is 0 Å². The van der Waals surface area contributed by atoms with Crippen LogP contribution in [0.5, 0.6) is 11.6 Å². The van der Waals surface area contributed by atoms with Gasteiger partial charge in [-0.25, -0.2) is 4.98 Å². The molecule has 132 valence electrons. The molecule has 1 aliphatic heterocycles. The summed E-state index contributed by atoms with van der Waals surface area (Å²) in [5.74, 6) is 0.960. The fraction of sp³-hybridized carbons (Fsp3) is 0.368. The number of ether oxygens (including phenoxy) is 1. The van der Waals surface area contributed by atoms with E-state index in [1.54, 1.807) is 26.2 Å². The van der Waals surface area contributed by atoms with Crippen LogP contribution in [0, 0.1) is 0 Å². The highest BCUT2D eigenvalue weighted by atomic mass is 16.5. The number of pyridine rings is 1. The van der Waals surface area contributed by atoms with Crippen molar-refractivity contribution in [3.05, 3.63) is 42.0 Å². The summed E-state index contributed by atoms with van der Waals surface area (Å²) in [4.78, 5) is 20.0. The molecule has 25 heavy (non-hydrogen) atoms. The number of methoxy groups -OCH3 is 1. The van der Waals surface area contributed by atoms with Crippen molar-refractivity contribution < 1.29 is 14.6 Å². The van der Waals surface area contributed by atoms with Crippen molar-refractivity contribution in [2.24, 2.45) is 0 Å². The fourth-order valence-corrected chi connectivity index (χ4v) is 3.02. The lowest BCUT2D eigenvalue weighted by molar-refractivity contribution is -0.130. The fourth-order valence-electron chi connectivity index (χ4n) is 3.02. The smallest absolute Gasteiger partial charge is 0.219 e. The molecule has 0 aliphatic carbocycles. The lowest BCUT2D eigenvalue weighted by Gasteiger charge is -2.34. The van der Waals surface area contributed by atoms with Crippen LogP contribution in [0.25, 0.3) is 11.3 Å². The maximum Gasteiger partial charge on any atom is 0.219 e. The lowest BCUT2D eigenvalue weighted by Crippen LogP contribution is -2.47. The number of phenols is 1. The number of piperazine rings is 1. The number of nitrogens with zero attached hydrogens (tertiary/aromatic N) is 3. The number of phenolic OH excluding ortho intramolecular Hbond substituents is 1. The van der Waals surface area contributed by atoms with Crippen molar-refractivity contribution in [3.63, 3.8) is 0 Å². The van der Waals surface area contributed by atoms with Crippen molar-refractivity contribution in [3.8, 4) is 22.9 Å². The monoisotopic (exact) mass is 341 g/mol. The maximum atomic E-state index is 11.4. The summed E-state index contributed by atoms with van der Waals surface area (Å²) in [5.41, 5.74) is 2.61. The number of aromatic hydroxyl groups is 1. The first-order valence-corrected chi connectivity index (χ1v) is 8.38. The Balaban J connectivity index is 1.75. The van der Waals surface area contributed by atoms with Crippen LogP contribution in [0.2, 0.25) is 0 Å². The van der Waals surface area contributed by atoms with Gasteiger partial charge in [-0.2, -0.15) is 0 Å². The third-order valence-electron chi connectivity index (χ3n) is 4.52. The second-order valence-corrected chi connectivity index (χ2v) is 6.19. The van der Waals surface area contributed by atoms with Gasteiger partial charge in [0.2, 0.25) is 11.8 Å². The Bertz CT molecular complexity index is 755. The minimum Gasteiger partial charge on any atom is -0.508 e. The Morgan fingerprint density at radius 3 is 2.64 bits per heavy atom. The highest BCUT2D eigenvalue weighted by molar-refractivity contribution is 5.73. The van der Waals surface area contributed by atoms with Crippen molar-refractivity contribution in [2.45, 2.75) is 13.5 Å². The van der Waals surface area contributed by atoms with E-state index in [-0.39, 0.29) is 11.7 Å². The highest BCUT2D eigenvalue weighted by Gasteiger charge is 2.19. The molecule has 1 aliphatic rings. The van der Waals surface area contributed by atoms with Crippen molar-refractivity contribution in [2.75, 3.05) is 33.3 Å². The summed E-state index contributed by atoms with van der Waals surface area (Å²) in [6.07, 6.45) is 0. The topological polar surface area (TPSA) is 65.9 Å². The van der Waals surface area contributed by atoms with Crippen LogP contribution in [0.15, 0.2) is 36.4 Å². The molecule has 0 unspecified atom stereocenters. The van der Waals surface area contributed by atoms with E-state index < -0.39 is 0 Å². The Labute approximate surface area is 147 Å². The van der Waals surface area contributed by atoms with Crippen LogP contribution >= 0.6 is 0 Å². The standard InChI is InChI=1S/C19H23N3O3/c1-14(23)22-10-8-21(9-11-22)13-16-12-15(6-7-18(16)24)17-4-3-5-19(20-17)25-2/h3-7,12,24H,8-11,13H2,1-2H3. The number of hydrogen-bond donors (Lipinski definition) is 1. The number of carbonyl (C=O) groups excluding carboxylic acids is 1. The van der Waals surface area contributed by atoms with E-state index in [4.69, 9.17) is 4.74 Å². The molecular weight excluding hydrogens is 318 g/mol. The van der Waals surface area contributed by atoms with E-state index in [1.165, 1.54) is 0 Å². The van der Waals surface area contributed by atoms with Gasteiger partial charge in [0.15, 0.2) is 0 Å². The molecule has 1 aromatic carbocycles. The second kappa shape index (κ2) is 7.53. The largest absolute Gasteiger partial charge is 0.508 e. The Morgan fingerprint density at radius 1 is 1.20 bits per heavy atom.